The van der Waals surface area contributed by atoms with Crippen molar-refractivity contribution in [3.63, 3.8) is 0 Å². The van der Waals surface area contributed by atoms with Gasteiger partial charge in [-0.05, 0) is 13.3 Å². The molecule has 2 aromatic heterocycles. The van der Waals surface area contributed by atoms with Crippen molar-refractivity contribution in [3.05, 3.63) is 42.3 Å². The van der Waals surface area contributed by atoms with Crippen molar-refractivity contribution in [2.24, 2.45) is 0 Å². The highest BCUT2D eigenvalue weighted by molar-refractivity contribution is 5.88. The molecular formula is C14H19N5O2. The predicted molar refractivity (Wildman–Crippen MR) is 76.9 cm³/mol. The standard InChI is InChI=1S/C14H19N5O2/c1-4-6-18-10-15-8-12(18)9-19-11(3)13(16-17-19)14(20)21-7-5-2/h5,8,10H,2,4,6-7,9H2,1,3H3. The summed E-state index contributed by atoms with van der Waals surface area (Å²) in [5, 5.41) is 7.92. The molecule has 0 saturated carbocycles. The van der Waals surface area contributed by atoms with Crippen LogP contribution in [0.1, 0.15) is 35.2 Å². The van der Waals surface area contributed by atoms with Gasteiger partial charge in [-0.15, -0.1) is 5.10 Å². The maximum absolute atomic E-state index is 11.8. The summed E-state index contributed by atoms with van der Waals surface area (Å²) in [4.78, 5) is 16.0. The van der Waals surface area contributed by atoms with Crippen LogP contribution in [0.3, 0.4) is 0 Å². The maximum Gasteiger partial charge on any atom is 0.361 e. The molecule has 0 spiro atoms. The van der Waals surface area contributed by atoms with Gasteiger partial charge in [0.2, 0.25) is 0 Å². The number of hydrogen-bond donors (Lipinski definition) is 0. The normalized spacial score (nSPS) is 10.6. The third-order valence-electron chi connectivity index (χ3n) is 3.08. The van der Waals surface area contributed by atoms with Crippen LogP contribution in [-0.4, -0.2) is 37.1 Å². The molecule has 112 valence electrons. The molecule has 0 fully saturated rings. The van der Waals surface area contributed by atoms with Gasteiger partial charge < -0.3 is 9.30 Å². The van der Waals surface area contributed by atoms with Crippen LogP contribution in [0, 0.1) is 6.92 Å². The molecule has 2 heterocycles. The number of hydrogen-bond acceptors (Lipinski definition) is 5. The van der Waals surface area contributed by atoms with Crippen molar-refractivity contribution < 1.29 is 9.53 Å². The van der Waals surface area contributed by atoms with Crippen molar-refractivity contribution in [1.82, 2.24) is 24.5 Å². The van der Waals surface area contributed by atoms with Crippen LogP contribution in [0.15, 0.2) is 25.2 Å². The molecule has 2 rings (SSSR count). The fourth-order valence-electron chi connectivity index (χ4n) is 1.98. The Morgan fingerprint density at radius 3 is 3.05 bits per heavy atom. The average Bonchev–Trinajstić information content (AvgIpc) is 3.05. The van der Waals surface area contributed by atoms with Crippen LogP contribution in [0.25, 0.3) is 0 Å². The minimum atomic E-state index is -0.485. The van der Waals surface area contributed by atoms with Gasteiger partial charge in [0.15, 0.2) is 5.69 Å². The summed E-state index contributed by atoms with van der Waals surface area (Å²) in [6.45, 7) is 8.99. The number of carbonyl (C=O) groups is 1. The molecule has 7 heteroatoms. The van der Waals surface area contributed by atoms with E-state index in [1.165, 1.54) is 6.08 Å². The van der Waals surface area contributed by atoms with Crippen LogP contribution in [0.4, 0.5) is 0 Å². The molecule has 0 bridgehead atoms. The van der Waals surface area contributed by atoms with E-state index in [-0.39, 0.29) is 12.3 Å². The van der Waals surface area contributed by atoms with Crippen molar-refractivity contribution >= 4 is 5.97 Å². The highest BCUT2D eigenvalue weighted by atomic mass is 16.5. The first kappa shape index (κ1) is 15.0. The molecule has 0 N–H and O–H groups in total. The van der Waals surface area contributed by atoms with Crippen LogP contribution in [0.5, 0.6) is 0 Å². The van der Waals surface area contributed by atoms with Crippen LogP contribution < -0.4 is 0 Å². The van der Waals surface area contributed by atoms with E-state index >= 15 is 0 Å². The topological polar surface area (TPSA) is 74.8 Å². The molecule has 0 unspecified atom stereocenters. The maximum atomic E-state index is 11.8. The van der Waals surface area contributed by atoms with Gasteiger partial charge in [0, 0.05) is 6.54 Å². The van der Waals surface area contributed by atoms with Crippen LogP contribution in [-0.2, 0) is 17.8 Å². The summed E-state index contributed by atoms with van der Waals surface area (Å²) >= 11 is 0. The molecule has 0 aliphatic carbocycles. The Labute approximate surface area is 123 Å². The number of carbonyl (C=O) groups excluding carboxylic acids is 1. The monoisotopic (exact) mass is 289 g/mol. The van der Waals surface area contributed by atoms with E-state index in [4.69, 9.17) is 4.74 Å². The van der Waals surface area contributed by atoms with E-state index in [1.54, 1.807) is 24.1 Å². The van der Waals surface area contributed by atoms with Gasteiger partial charge >= 0.3 is 5.97 Å². The lowest BCUT2D eigenvalue weighted by molar-refractivity contribution is 0.0542. The van der Waals surface area contributed by atoms with Gasteiger partial charge in [-0.2, -0.15) is 0 Å². The Bertz CT molecular complexity index is 629. The summed E-state index contributed by atoms with van der Waals surface area (Å²) in [7, 11) is 0. The first-order valence-electron chi connectivity index (χ1n) is 6.84. The Hall–Kier alpha value is -2.44. The number of nitrogens with zero attached hydrogens (tertiary/aromatic N) is 5. The van der Waals surface area contributed by atoms with Gasteiger partial charge in [-0.3, -0.25) is 0 Å². The largest absolute Gasteiger partial charge is 0.457 e. The zero-order valence-corrected chi connectivity index (χ0v) is 12.3. The van der Waals surface area contributed by atoms with E-state index in [0.29, 0.717) is 12.2 Å². The summed E-state index contributed by atoms with van der Waals surface area (Å²) < 4.78 is 8.72. The Morgan fingerprint density at radius 1 is 1.52 bits per heavy atom. The zero-order valence-electron chi connectivity index (χ0n) is 12.3. The number of esters is 1. The Kier molecular flexibility index (Phi) is 4.86. The SMILES string of the molecule is C=CCOC(=O)c1nnn(Cc2cncn2CCC)c1C. The zero-order chi connectivity index (χ0) is 15.2. The minimum Gasteiger partial charge on any atom is -0.457 e. The summed E-state index contributed by atoms with van der Waals surface area (Å²) in [6, 6.07) is 0. The first-order chi connectivity index (χ1) is 10.2. The molecule has 0 radical (unpaired) electrons. The van der Waals surface area contributed by atoms with Crippen molar-refractivity contribution in [2.75, 3.05) is 6.61 Å². The second kappa shape index (κ2) is 6.83. The molecule has 0 aliphatic rings. The van der Waals surface area contributed by atoms with E-state index in [2.05, 4.69) is 33.4 Å². The van der Waals surface area contributed by atoms with Gasteiger partial charge in [0.25, 0.3) is 0 Å². The molecule has 0 aliphatic heterocycles. The summed E-state index contributed by atoms with van der Waals surface area (Å²) in [5.74, 6) is -0.485. The first-order valence-corrected chi connectivity index (χ1v) is 6.84. The molecule has 21 heavy (non-hydrogen) atoms. The number of rotatable bonds is 7. The predicted octanol–water partition coefficient (Wildman–Crippen LogP) is 1.58. The van der Waals surface area contributed by atoms with E-state index < -0.39 is 5.97 Å². The van der Waals surface area contributed by atoms with Crippen molar-refractivity contribution in [2.45, 2.75) is 33.4 Å². The van der Waals surface area contributed by atoms with Gasteiger partial charge in [-0.1, -0.05) is 24.8 Å². The lowest BCUT2D eigenvalue weighted by atomic mass is 10.3. The molecule has 0 aromatic carbocycles. The third-order valence-corrected chi connectivity index (χ3v) is 3.08. The van der Waals surface area contributed by atoms with Crippen molar-refractivity contribution in [3.8, 4) is 0 Å². The van der Waals surface area contributed by atoms with Crippen LogP contribution >= 0.6 is 0 Å². The fraction of sp³-hybridized carbons (Fsp3) is 0.429. The van der Waals surface area contributed by atoms with Gasteiger partial charge in [0.1, 0.15) is 6.61 Å². The smallest absolute Gasteiger partial charge is 0.361 e. The third kappa shape index (κ3) is 3.36. The summed E-state index contributed by atoms with van der Waals surface area (Å²) in [5.41, 5.74) is 1.93. The average molecular weight is 289 g/mol. The second-order valence-electron chi connectivity index (χ2n) is 4.65. The van der Waals surface area contributed by atoms with Gasteiger partial charge in [0.05, 0.1) is 30.5 Å². The van der Waals surface area contributed by atoms with E-state index in [9.17, 15) is 4.79 Å². The van der Waals surface area contributed by atoms with Gasteiger partial charge in [-0.25, -0.2) is 14.5 Å². The molecular weight excluding hydrogens is 270 g/mol. The van der Waals surface area contributed by atoms with Crippen molar-refractivity contribution in [1.29, 1.82) is 0 Å². The molecule has 0 atom stereocenters. The van der Waals surface area contributed by atoms with Crippen LogP contribution in [0.2, 0.25) is 0 Å². The lowest BCUT2D eigenvalue weighted by Crippen LogP contribution is -2.11. The number of ether oxygens (including phenoxy) is 1. The Balaban J connectivity index is 2.14. The van der Waals surface area contributed by atoms with E-state index in [0.717, 1.165) is 18.7 Å². The fourth-order valence-corrected chi connectivity index (χ4v) is 1.98. The Morgan fingerprint density at radius 2 is 2.33 bits per heavy atom. The molecule has 2 aromatic rings. The molecule has 0 amide bonds. The minimum absolute atomic E-state index is 0.161. The molecule has 7 nitrogen and oxygen atoms in total. The summed E-state index contributed by atoms with van der Waals surface area (Å²) in [6.07, 6.45) is 6.14. The second-order valence-corrected chi connectivity index (χ2v) is 4.65. The number of aryl methyl sites for hydroxylation is 1. The quantitative estimate of drug-likeness (QED) is 0.571. The highest BCUT2D eigenvalue weighted by Gasteiger charge is 2.18. The highest BCUT2D eigenvalue weighted by Crippen LogP contribution is 2.09. The van der Waals surface area contributed by atoms with E-state index in [1.807, 2.05) is 0 Å². The number of aromatic nitrogens is 5. The lowest BCUT2D eigenvalue weighted by Gasteiger charge is -2.07. The molecule has 0 saturated heterocycles. The number of imidazole rings is 1.